The van der Waals surface area contributed by atoms with Crippen LogP contribution in [0, 0.1) is 19.7 Å². The molecule has 8 heteroatoms. The molecule has 0 bridgehead atoms. The minimum absolute atomic E-state index is 0.212. The van der Waals surface area contributed by atoms with Crippen molar-refractivity contribution in [1.82, 2.24) is 19.6 Å². The zero-order valence-corrected chi connectivity index (χ0v) is 17.8. The van der Waals surface area contributed by atoms with Crippen LogP contribution < -0.4 is 10.9 Å². The Hall–Kier alpha value is -3.81. The molecule has 0 radical (unpaired) electrons. The highest BCUT2D eigenvalue weighted by Gasteiger charge is 2.30. The maximum atomic E-state index is 13.4. The SMILES string of the molecule is Cc1ccc(C)c(NC(=O)Cn2nc(C3CC3)c3cnn(-c4ccc(F)cc4)c3c2=O)c1. The van der Waals surface area contributed by atoms with E-state index in [1.165, 1.54) is 21.5 Å². The van der Waals surface area contributed by atoms with E-state index in [2.05, 4.69) is 15.5 Å². The summed E-state index contributed by atoms with van der Waals surface area (Å²) >= 11 is 0. The second-order valence-corrected chi connectivity index (χ2v) is 8.28. The van der Waals surface area contributed by atoms with Crippen LogP contribution in [0.4, 0.5) is 10.1 Å². The molecule has 2 aromatic heterocycles. The predicted octanol–water partition coefficient (Wildman–Crippen LogP) is 3.85. The number of fused-ring (bicyclic) bond motifs is 1. The van der Waals surface area contributed by atoms with E-state index in [0.29, 0.717) is 22.3 Å². The van der Waals surface area contributed by atoms with Gasteiger partial charge in [-0.15, -0.1) is 0 Å². The summed E-state index contributed by atoms with van der Waals surface area (Å²) in [7, 11) is 0. The number of hydrogen-bond donors (Lipinski definition) is 1. The molecule has 1 amide bonds. The summed E-state index contributed by atoms with van der Waals surface area (Å²) in [5, 5.41) is 12.5. The zero-order chi connectivity index (χ0) is 22.4. The van der Waals surface area contributed by atoms with Crippen LogP contribution in [0.5, 0.6) is 0 Å². The summed E-state index contributed by atoms with van der Waals surface area (Å²) in [5.74, 6) is -0.453. The fourth-order valence-electron chi connectivity index (χ4n) is 3.83. The molecule has 1 saturated carbocycles. The second kappa shape index (κ2) is 7.71. The summed E-state index contributed by atoms with van der Waals surface area (Å²) in [4.78, 5) is 26.1. The van der Waals surface area contributed by atoms with Gasteiger partial charge < -0.3 is 5.32 Å². The Morgan fingerprint density at radius 2 is 1.91 bits per heavy atom. The van der Waals surface area contributed by atoms with Gasteiger partial charge in [0.2, 0.25) is 5.91 Å². The van der Waals surface area contributed by atoms with Crippen LogP contribution in [0.25, 0.3) is 16.6 Å². The van der Waals surface area contributed by atoms with Crippen LogP contribution in [-0.4, -0.2) is 25.5 Å². The van der Waals surface area contributed by atoms with Crippen molar-refractivity contribution in [3.8, 4) is 5.69 Å². The first-order valence-corrected chi connectivity index (χ1v) is 10.5. The van der Waals surface area contributed by atoms with Crippen LogP contribution in [0.2, 0.25) is 0 Å². The number of carbonyl (C=O) groups is 1. The molecule has 2 aromatic carbocycles. The topological polar surface area (TPSA) is 81.8 Å². The number of aryl methyl sites for hydroxylation is 2. The molecule has 0 atom stereocenters. The van der Waals surface area contributed by atoms with Crippen molar-refractivity contribution >= 4 is 22.5 Å². The van der Waals surface area contributed by atoms with Gasteiger partial charge in [-0.1, -0.05) is 12.1 Å². The molecule has 7 nitrogen and oxygen atoms in total. The van der Waals surface area contributed by atoms with Gasteiger partial charge in [0, 0.05) is 17.0 Å². The van der Waals surface area contributed by atoms with Crippen LogP contribution in [0.3, 0.4) is 0 Å². The fourth-order valence-corrected chi connectivity index (χ4v) is 3.83. The Morgan fingerprint density at radius 1 is 1.16 bits per heavy atom. The zero-order valence-electron chi connectivity index (χ0n) is 17.8. The maximum absolute atomic E-state index is 13.4. The first-order valence-electron chi connectivity index (χ1n) is 10.5. The Morgan fingerprint density at radius 3 is 2.62 bits per heavy atom. The third-order valence-electron chi connectivity index (χ3n) is 5.71. The van der Waals surface area contributed by atoms with Crippen molar-refractivity contribution in [1.29, 1.82) is 0 Å². The minimum Gasteiger partial charge on any atom is -0.324 e. The number of amides is 1. The van der Waals surface area contributed by atoms with E-state index in [9.17, 15) is 14.0 Å². The van der Waals surface area contributed by atoms with Crippen molar-refractivity contribution in [2.45, 2.75) is 39.2 Å². The molecule has 1 aliphatic rings. The highest BCUT2D eigenvalue weighted by atomic mass is 19.1. The molecule has 2 heterocycles. The van der Waals surface area contributed by atoms with E-state index in [1.54, 1.807) is 18.3 Å². The molecule has 32 heavy (non-hydrogen) atoms. The number of nitrogens with one attached hydrogen (secondary N) is 1. The molecule has 0 unspecified atom stereocenters. The van der Waals surface area contributed by atoms with E-state index in [1.807, 2.05) is 32.0 Å². The fraction of sp³-hybridized carbons (Fsp3) is 0.250. The summed E-state index contributed by atoms with van der Waals surface area (Å²) in [5.41, 5.74) is 3.94. The summed E-state index contributed by atoms with van der Waals surface area (Å²) in [6.45, 7) is 3.65. The quantitative estimate of drug-likeness (QED) is 0.520. The summed E-state index contributed by atoms with van der Waals surface area (Å²) in [6, 6.07) is 11.6. The van der Waals surface area contributed by atoms with Crippen molar-refractivity contribution < 1.29 is 9.18 Å². The molecule has 0 spiro atoms. The third-order valence-corrected chi connectivity index (χ3v) is 5.71. The lowest BCUT2D eigenvalue weighted by molar-refractivity contribution is -0.117. The molecule has 1 fully saturated rings. The standard InChI is InChI=1S/C24H22FN5O2/c1-14-3-4-15(2)20(11-14)27-21(31)13-29-24(32)23-19(22(28-29)16-5-6-16)12-26-30(23)18-9-7-17(25)8-10-18/h3-4,7-12,16H,5-6,13H2,1-2H3,(H,27,31). The van der Waals surface area contributed by atoms with Crippen molar-refractivity contribution in [2.24, 2.45) is 0 Å². The van der Waals surface area contributed by atoms with Gasteiger partial charge in [-0.2, -0.15) is 10.2 Å². The van der Waals surface area contributed by atoms with Gasteiger partial charge in [0.05, 0.1) is 17.6 Å². The monoisotopic (exact) mass is 431 g/mol. The van der Waals surface area contributed by atoms with Gasteiger partial charge in [-0.3, -0.25) is 9.59 Å². The number of aromatic nitrogens is 4. The van der Waals surface area contributed by atoms with Crippen LogP contribution in [0.15, 0.2) is 53.5 Å². The average Bonchev–Trinajstić information content (AvgIpc) is 3.51. The number of hydrogen-bond acceptors (Lipinski definition) is 4. The first-order chi connectivity index (χ1) is 15.4. The second-order valence-electron chi connectivity index (χ2n) is 8.28. The van der Waals surface area contributed by atoms with Crippen molar-refractivity contribution in [2.75, 3.05) is 5.32 Å². The van der Waals surface area contributed by atoms with E-state index in [-0.39, 0.29) is 24.2 Å². The lowest BCUT2D eigenvalue weighted by Gasteiger charge is -2.12. The van der Waals surface area contributed by atoms with Gasteiger partial charge in [0.1, 0.15) is 17.9 Å². The van der Waals surface area contributed by atoms with Gasteiger partial charge in [0.25, 0.3) is 5.56 Å². The Labute approximate surface area is 183 Å². The Kier molecular flexibility index (Phi) is 4.84. The Balaban J connectivity index is 1.55. The molecule has 1 aliphatic carbocycles. The molecule has 5 rings (SSSR count). The number of nitrogens with zero attached hydrogens (tertiary/aromatic N) is 4. The van der Waals surface area contributed by atoms with E-state index >= 15 is 0 Å². The molecule has 162 valence electrons. The van der Waals surface area contributed by atoms with Crippen LogP contribution in [0.1, 0.15) is 35.6 Å². The minimum atomic E-state index is -0.415. The lowest BCUT2D eigenvalue weighted by atomic mass is 10.1. The lowest BCUT2D eigenvalue weighted by Crippen LogP contribution is -2.31. The van der Waals surface area contributed by atoms with Gasteiger partial charge in [-0.05, 0) is 68.1 Å². The molecule has 4 aromatic rings. The number of benzene rings is 2. The highest BCUT2D eigenvalue weighted by molar-refractivity contribution is 5.91. The third kappa shape index (κ3) is 3.68. The molecular weight excluding hydrogens is 409 g/mol. The van der Waals surface area contributed by atoms with Gasteiger partial charge in [0.15, 0.2) is 0 Å². The number of carbonyl (C=O) groups excluding carboxylic acids is 1. The van der Waals surface area contributed by atoms with Crippen molar-refractivity contribution in [3.05, 3.63) is 81.7 Å². The Bertz CT molecular complexity index is 1400. The molecular formula is C24H22FN5O2. The molecule has 0 aliphatic heterocycles. The van der Waals surface area contributed by atoms with Crippen molar-refractivity contribution in [3.63, 3.8) is 0 Å². The first kappa shape index (κ1) is 20.1. The van der Waals surface area contributed by atoms with E-state index < -0.39 is 5.56 Å². The highest BCUT2D eigenvalue weighted by Crippen LogP contribution is 2.41. The number of rotatable bonds is 5. The van der Waals surface area contributed by atoms with Gasteiger partial charge >= 0.3 is 0 Å². The summed E-state index contributed by atoms with van der Waals surface area (Å²) < 4.78 is 16.1. The van der Waals surface area contributed by atoms with Gasteiger partial charge in [-0.25, -0.2) is 13.8 Å². The molecule has 0 saturated heterocycles. The molecule has 1 N–H and O–H groups in total. The smallest absolute Gasteiger partial charge is 0.293 e. The largest absolute Gasteiger partial charge is 0.324 e. The maximum Gasteiger partial charge on any atom is 0.293 e. The number of anilines is 1. The summed E-state index contributed by atoms with van der Waals surface area (Å²) in [6.07, 6.45) is 3.59. The van der Waals surface area contributed by atoms with E-state index in [4.69, 9.17) is 0 Å². The van der Waals surface area contributed by atoms with E-state index in [0.717, 1.165) is 29.7 Å². The number of halogens is 1. The average molecular weight is 431 g/mol. The predicted molar refractivity (Wildman–Crippen MR) is 120 cm³/mol. The van der Waals surface area contributed by atoms with Crippen LogP contribution in [-0.2, 0) is 11.3 Å². The normalized spacial score (nSPS) is 13.5. The van der Waals surface area contributed by atoms with Crippen LogP contribution >= 0.6 is 0 Å².